The molecule has 25 heavy (non-hydrogen) atoms. The summed E-state index contributed by atoms with van der Waals surface area (Å²) in [6.45, 7) is 3.49. The van der Waals surface area contributed by atoms with Crippen molar-refractivity contribution >= 4 is 29.1 Å². The van der Waals surface area contributed by atoms with Gasteiger partial charge >= 0.3 is 0 Å². The van der Waals surface area contributed by atoms with Gasteiger partial charge in [-0.15, -0.1) is 0 Å². The van der Waals surface area contributed by atoms with Gasteiger partial charge < -0.3 is 10.2 Å². The van der Waals surface area contributed by atoms with Gasteiger partial charge in [-0.05, 0) is 35.9 Å². The molecule has 0 saturated heterocycles. The second-order valence-electron chi connectivity index (χ2n) is 6.35. The highest BCUT2D eigenvalue weighted by Crippen LogP contribution is 2.37. The maximum absolute atomic E-state index is 13.4. The number of amides is 2. The molecule has 1 atom stereocenters. The minimum Gasteiger partial charge on any atom is -0.324 e. The second kappa shape index (κ2) is 6.84. The fraction of sp³-hybridized carbons (Fsp3) is 0.263. The van der Waals surface area contributed by atoms with Crippen LogP contribution in [0, 0.1) is 11.7 Å². The zero-order valence-corrected chi connectivity index (χ0v) is 14.7. The predicted octanol–water partition coefficient (Wildman–Crippen LogP) is 4.01. The molecule has 0 bridgehead atoms. The lowest BCUT2D eigenvalue weighted by atomic mass is 9.95. The maximum Gasteiger partial charge on any atom is 0.244 e. The minimum absolute atomic E-state index is 0.0780. The van der Waals surface area contributed by atoms with Crippen LogP contribution in [0.2, 0.25) is 5.02 Å². The van der Waals surface area contributed by atoms with Gasteiger partial charge in [0.25, 0.3) is 0 Å². The summed E-state index contributed by atoms with van der Waals surface area (Å²) in [4.78, 5) is 26.6. The zero-order valence-electron chi connectivity index (χ0n) is 13.9. The molecule has 1 N–H and O–H groups in total. The highest BCUT2D eigenvalue weighted by atomic mass is 35.5. The number of halogens is 2. The molecule has 0 aromatic heterocycles. The quantitative estimate of drug-likeness (QED) is 0.879. The van der Waals surface area contributed by atoms with Crippen molar-refractivity contribution in [2.45, 2.75) is 19.9 Å². The number of nitrogens with zero attached hydrogens (tertiary/aromatic N) is 1. The molecule has 2 aromatic rings. The molecule has 4 nitrogen and oxygen atoms in total. The van der Waals surface area contributed by atoms with Crippen molar-refractivity contribution < 1.29 is 14.0 Å². The average Bonchev–Trinajstić information content (AvgIpc) is 2.70. The van der Waals surface area contributed by atoms with E-state index < -0.39 is 6.04 Å². The van der Waals surface area contributed by atoms with Crippen LogP contribution in [-0.2, 0) is 9.59 Å². The summed E-state index contributed by atoms with van der Waals surface area (Å²) in [5.41, 5.74) is 2.03. The number of rotatable bonds is 2. The number of carbonyl (C=O) groups excluding carboxylic acids is 2. The Labute approximate surface area is 150 Å². The van der Waals surface area contributed by atoms with E-state index in [2.05, 4.69) is 5.32 Å². The van der Waals surface area contributed by atoms with Gasteiger partial charge in [-0.25, -0.2) is 4.39 Å². The van der Waals surface area contributed by atoms with Crippen molar-refractivity contribution in [2.75, 3.05) is 11.9 Å². The standard InChI is InChI=1S/C19H18ClFN2O2/c1-11(2)19(25)23-10-17(24)22-16-8-5-13(20)9-15(16)18(23)12-3-6-14(21)7-4-12/h3-9,11,18H,10H2,1-2H3,(H,22,24)/t18-/m1/s1. The Morgan fingerprint density at radius 3 is 2.56 bits per heavy atom. The molecule has 0 fully saturated rings. The van der Waals surface area contributed by atoms with E-state index in [1.807, 2.05) is 0 Å². The SMILES string of the molecule is CC(C)C(=O)N1CC(=O)Nc2ccc(Cl)cc2[C@H]1c1ccc(F)cc1. The zero-order chi connectivity index (χ0) is 18.1. The van der Waals surface area contributed by atoms with Crippen molar-refractivity contribution in [3.8, 4) is 0 Å². The van der Waals surface area contributed by atoms with Crippen LogP contribution < -0.4 is 5.32 Å². The molecule has 0 unspecified atom stereocenters. The smallest absolute Gasteiger partial charge is 0.244 e. The van der Waals surface area contributed by atoms with Crippen LogP contribution in [0.25, 0.3) is 0 Å². The van der Waals surface area contributed by atoms with Crippen molar-refractivity contribution in [2.24, 2.45) is 5.92 Å². The van der Waals surface area contributed by atoms with E-state index in [1.165, 1.54) is 17.0 Å². The van der Waals surface area contributed by atoms with Crippen LogP contribution in [0.5, 0.6) is 0 Å². The Morgan fingerprint density at radius 1 is 1.24 bits per heavy atom. The summed E-state index contributed by atoms with van der Waals surface area (Å²) < 4.78 is 13.4. The Morgan fingerprint density at radius 2 is 1.92 bits per heavy atom. The lowest BCUT2D eigenvalue weighted by Gasteiger charge is -2.32. The number of anilines is 1. The van der Waals surface area contributed by atoms with Gasteiger partial charge in [0.1, 0.15) is 12.4 Å². The number of benzene rings is 2. The van der Waals surface area contributed by atoms with Gasteiger partial charge in [0.05, 0.1) is 6.04 Å². The molecule has 1 aliphatic heterocycles. The summed E-state index contributed by atoms with van der Waals surface area (Å²) in [6.07, 6.45) is 0. The molecule has 3 rings (SSSR count). The highest BCUT2D eigenvalue weighted by molar-refractivity contribution is 6.30. The van der Waals surface area contributed by atoms with Crippen LogP contribution in [-0.4, -0.2) is 23.3 Å². The van der Waals surface area contributed by atoms with Gasteiger partial charge in [-0.1, -0.05) is 37.6 Å². The summed E-state index contributed by atoms with van der Waals surface area (Å²) >= 11 is 6.16. The van der Waals surface area contributed by atoms with Crippen LogP contribution in [0.1, 0.15) is 31.0 Å². The first-order valence-corrected chi connectivity index (χ1v) is 8.40. The molecule has 0 radical (unpaired) electrons. The third-order valence-electron chi connectivity index (χ3n) is 4.17. The fourth-order valence-corrected chi connectivity index (χ4v) is 3.20. The summed E-state index contributed by atoms with van der Waals surface area (Å²) in [6, 6.07) is 10.6. The Bertz CT molecular complexity index is 821. The Kier molecular flexibility index (Phi) is 4.77. The Balaban J connectivity index is 2.21. The first-order chi connectivity index (χ1) is 11.9. The minimum atomic E-state index is -0.525. The molecule has 2 aromatic carbocycles. The van der Waals surface area contributed by atoms with Gasteiger partial charge in [0, 0.05) is 22.2 Å². The highest BCUT2D eigenvalue weighted by Gasteiger charge is 2.34. The third-order valence-corrected chi connectivity index (χ3v) is 4.41. The maximum atomic E-state index is 13.4. The van der Waals surface area contributed by atoms with E-state index in [9.17, 15) is 14.0 Å². The molecule has 6 heteroatoms. The molecule has 2 amide bonds. The summed E-state index contributed by atoms with van der Waals surface area (Å²) in [5, 5.41) is 3.32. The lowest BCUT2D eigenvalue weighted by molar-refractivity contribution is -0.139. The van der Waals surface area contributed by atoms with Gasteiger partial charge in [0.15, 0.2) is 0 Å². The van der Waals surface area contributed by atoms with Crippen LogP contribution in [0.4, 0.5) is 10.1 Å². The van der Waals surface area contributed by atoms with E-state index in [0.29, 0.717) is 16.3 Å². The normalized spacial score (nSPS) is 17.1. The van der Waals surface area contributed by atoms with E-state index in [-0.39, 0.29) is 30.1 Å². The van der Waals surface area contributed by atoms with E-state index in [1.54, 1.807) is 44.2 Å². The number of fused-ring (bicyclic) bond motifs is 1. The first kappa shape index (κ1) is 17.4. The number of hydrogen-bond donors (Lipinski definition) is 1. The van der Waals surface area contributed by atoms with E-state index >= 15 is 0 Å². The number of carbonyl (C=O) groups is 2. The van der Waals surface area contributed by atoms with Crippen molar-refractivity contribution in [3.05, 3.63) is 64.4 Å². The molecule has 0 saturated carbocycles. The third kappa shape index (κ3) is 3.51. The molecular weight excluding hydrogens is 343 g/mol. The fourth-order valence-electron chi connectivity index (χ4n) is 3.02. The van der Waals surface area contributed by atoms with Gasteiger partial charge in [0.2, 0.25) is 11.8 Å². The first-order valence-electron chi connectivity index (χ1n) is 8.02. The van der Waals surface area contributed by atoms with Gasteiger partial charge in [-0.2, -0.15) is 0 Å². The number of nitrogens with one attached hydrogen (secondary N) is 1. The molecule has 1 heterocycles. The molecule has 1 aliphatic rings. The van der Waals surface area contributed by atoms with Crippen LogP contribution in [0.15, 0.2) is 42.5 Å². The summed E-state index contributed by atoms with van der Waals surface area (Å²) in [7, 11) is 0. The molecular formula is C19H18ClFN2O2. The van der Waals surface area contributed by atoms with E-state index in [4.69, 9.17) is 11.6 Å². The van der Waals surface area contributed by atoms with Gasteiger partial charge in [-0.3, -0.25) is 9.59 Å². The number of hydrogen-bond acceptors (Lipinski definition) is 2. The molecule has 0 aliphatic carbocycles. The topological polar surface area (TPSA) is 49.4 Å². The van der Waals surface area contributed by atoms with Crippen LogP contribution in [0.3, 0.4) is 0 Å². The van der Waals surface area contributed by atoms with Crippen molar-refractivity contribution in [1.29, 1.82) is 0 Å². The van der Waals surface area contributed by atoms with Crippen LogP contribution >= 0.6 is 11.6 Å². The average molecular weight is 361 g/mol. The largest absolute Gasteiger partial charge is 0.324 e. The predicted molar refractivity (Wildman–Crippen MR) is 94.9 cm³/mol. The second-order valence-corrected chi connectivity index (χ2v) is 6.79. The van der Waals surface area contributed by atoms with Crippen molar-refractivity contribution in [3.63, 3.8) is 0 Å². The monoisotopic (exact) mass is 360 g/mol. The summed E-state index contributed by atoms with van der Waals surface area (Å²) in [5.74, 6) is -1.07. The molecule has 0 spiro atoms. The molecule has 130 valence electrons. The lowest BCUT2D eigenvalue weighted by Crippen LogP contribution is -2.41. The van der Waals surface area contributed by atoms with Crippen molar-refractivity contribution in [1.82, 2.24) is 4.90 Å². The Hall–Kier alpha value is -2.40. The van der Waals surface area contributed by atoms with E-state index in [0.717, 1.165) is 5.56 Å².